The first-order chi connectivity index (χ1) is 5.83. The summed E-state index contributed by atoms with van der Waals surface area (Å²) in [6.45, 7) is 2.10. The molecular weight excluding hydrogens is 259 g/mol. The molecule has 1 heteroatoms. The molecule has 0 saturated heterocycles. The van der Waals surface area contributed by atoms with Crippen molar-refractivity contribution in [3.63, 3.8) is 0 Å². The molecule has 0 aliphatic heterocycles. The lowest BCUT2D eigenvalue weighted by molar-refractivity contribution is 1.30. The molecule has 0 radical (unpaired) electrons. The highest BCUT2D eigenvalue weighted by Crippen LogP contribution is 2.02. The van der Waals surface area contributed by atoms with Crippen LogP contribution in [0.1, 0.15) is 11.1 Å². The summed E-state index contributed by atoms with van der Waals surface area (Å²) in [5.41, 5.74) is 2.61. The van der Waals surface area contributed by atoms with Gasteiger partial charge in [-0.05, 0) is 12.5 Å². The highest BCUT2D eigenvalue weighted by molar-refractivity contribution is 14.1. The molecule has 0 bridgehead atoms. The van der Waals surface area contributed by atoms with Crippen LogP contribution < -0.4 is 0 Å². The number of rotatable bonds is 1. The molecule has 0 amide bonds. The minimum absolute atomic E-state index is 0.878. The van der Waals surface area contributed by atoms with Crippen molar-refractivity contribution in [3.05, 3.63) is 35.4 Å². The van der Waals surface area contributed by atoms with E-state index in [1.165, 1.54) is 11.1 Å². The third kappa shape index (κ3) is 3.27. The second-order valence-electron chi connectivity index (χ2n) is 2.65. The summed E-state index contributed by atoms with van der Waals surface area (Å²) in [6, 6.07) is 8.52. The van der Waals surface area contributed by atoms with Gasteiger partial charge in [0.25, 0.3) is 0 Å². The van der Waals surface area contributed by atoms with Crippen LogP contribution in [0.25, 0.3) is 0 Å². The number of hydrogen-bond acceptors (Lipinski definition) is 0. The van der Waals surface area contributed by atoms with Crippen molar-refractivity contribution in [3.8, 4) is 11.8 Å². The van der Waals surface area contributed by atoms with Crippen LogP contribution in [0.15, 0.2) is 24.3 Å². The van der Waals surface area contributed by atoms with E-state index in [-0.39, 0.29) is 0 Å². The van der Waals surface area contributed by atoms with Crippen molar-refractivity contribution in [2.24, 2.45) is 0 Å². The summed E-state index contributed by atoms with van der Waals surface area (Å²) in [4.78, 5) is 0. The van der Waals surface area contributed by atoms with Gasteiger partial charge in [-0.1, -0.05) is 64.3 Å². The fraction of sp³-hybridized carbons (Fsp3) is 0.273. The quantitative estimate of drug-likeness (QED) is 0.418. The van der Waals surface area contributed by atoms with E-state index in [9.17, 15) is 0 Å². The summed E-state index contributed by atoms with van der Waals surface area (Å²) in [5.74, 6) is 6.16. The predicted octanol–water partition coefficient (Wildman–Crippen LogP) is 2.98. The number of alkyl halides is 1. The minimum Gasteiger partial charge on any atom is -0.0977 e. The Bertz CT molecular complexity index is 287. The molecule has 1 aromatic carbocycles. The number of hydrogen-bond donors (Lipinski definition) is 0. The van der Waals surface area contributed by atoms with Crippen LogP contribution in [0, 0.1) is 18.8 Å². The SMILES string of the molecule is Cc1ccc(CC#CCI)cc1. The first-order valence-electron chi connectivity index (χ1n) is 3.90. The number of aryl methyl sites for hydroxylation is 1. The van der Waals surface area contributed by atoms with Gasteiger partial charge in [0, 0.05) is 6.42 Å². The molecule has 0 N–H and O–H groups in total. The first-order valence-corrected chi connectivity index (χ1v) is 5.42. The largest absolute Gasteiger partial charge is 0.0977 e. The van der Waals surface area contributed by atoms with Gasteiger partial charge >= 0.3 is 0 Å². The van der Waals surface area contributed by atoms with Crippen molar-refractivity contribution in [2.75, 3.05) is 4.43 Å². The summed E-state index contributed by atoms with van der Waals surface area (Å²) >= 11 is 2.26. The lowest BCUT2D eigenvalue weighted by Gasteiger charge is -1.94. The smallest absolute Gasteiger partial charge is 0.0609 e. The molecule has 1 aromatic rings. The highest BCUT2D eigenvalue weighted by Gasteiger charge is 1.87. The maximum atomic E-state index is 3.11. The van der Waals surface area contributed by atoms with Crippen molar-refractivity contribution in [2.45, 2.75) is 13.3 Å². The summed E-state index contributed by atoms with van der Waals surface area (Å²) in [7, 11) is 0. The van der Waals surface area contributed by atoms with Crippen LogP contribution in [0.4, 0.5) is 0 Å². The minimum atomic E-state index is 0.878. The van der Waals surface area contributed by atoms with E-state index in [1.54, 1.807) is 0 Å². The van der Waals surface area contributed by atoms with Crippen molar-refractivity contribution in [1.29, 1.82) is 0 Å². The van der Waals surface area contributed by atoms with Crippen LogP contribution >= 0.6 is 22.6 Å². The van der Waals surface area contributed by atoms with Crippen molar-refractivity contribution in [1.82, 2.24) is 0 Å². The van der Waals surface area contributed by atoms with Gasteiger partial charge in [0.1, 0.15) is 0 Å². The highest BCUT2D eigenvalue weighted by atomic mass is 127. The molecule has 0 heterocycles. The van der Waals surface area contributed by atoms with Crippen molar-refractivity contribution < 1.29 is 0 Å². The zero-order valence-electron chi connectivity index (χ0n) is 7.10. The lowest BCUT2D eigenvalue weighted by atomic mass is 10.1. The van der Waals surface area contributed by atoms with Gasteiger partial charge in [-0.2, -0.15) is 0 Å². The standard InChI is InChI=1S/C11H11I/c1-10-5-7-11(8-6-10)4-2-3-9-12/h5-8H,4,9H2,1H3. The van der Waals surface area contributed by atoms with Gasteiger partial charge in [0.05, 0.1) is 4.43 Å². The molecule has 0 aliphatic carbocycles. The Hall–Kier alpha value is -0.490. The molecule has 62 valence electrons. The Labute approximate surface area is 87.5 Å². The normalized spacial score (nSPS) is 8.83. The van der Waals surface area contributed by atoms with E-state index in [0.717, 1.165) is 10.8 Å². The molecule has 12 heavy (non-hydrogen) atoms. The molecule has 0 nitrogen and oxygen atoms in total. The maximum absolute atomic E-state index is 3.11. The lowest BCUT2D eigenvalue weighted by Crippen LogP contribution is -1.81. The first kappa shape index (κ1) is 9.60. The fourth-order valence-corrected chi connectivity index (χ4v) is 1.19. The Balaban J connectivity index is 2.59. The van der Waals surface area contributed by atoms with Crippen LogP contribution in [0.2, 0.25) is 0 Å². The van der Waals surface area contributed by atoms with Crippen LogP contribution in [-0.4, -0.2) is 4.43 Å². The predicted molar refractivity (Wildman–Crippen MR) is 61.5 cm³/mol. The van der Waals surface area contributed by atoms with Crippen molar-refractivity contribution >= 4 is 22.6 Å². The van der Waals surface area contributed by atoms with Crippen LogP contribution in [0.3, 0.4) is 0 Å². The number of benzene rings is 1. The van der Waals surface area contributed by atoms with Gasteiger partial charge < -0.3 is 0 Å². The summed E-state index contributed by atoms with van der Waals surface area (Å²) in [5, 5.41) is 0. The molecule has 0 atom stereocenters. The van der Waals surface area contributed by atoms with Gasteiger partial charge in [-0.3, -0.25) is 0 Å². The second-order valence-corrected chi connectivity index (χ2v) is 3.41. The van der Waals surface area contributed by atoms with E-state index in [0.29, 0.717) is 0 Å². The molecule has 0 aromatic heterocycles. The number of halogens is 1. The third-order valence-corrected chi connectivity index (χ3v) is 1.99. The van der Waals surface area contributed by atoms with Gasteiger partial charge in [0.2, 0.25) is 0 Å². The van der Waals surface area contributed by atoms with Gasteiger partial charge in [0.15, 0.2) is 0 Å². The molecule has 1 rings (SSSR count). The van der Waals surface area contributed by atoms with Crippen LogP contribution in [0.5, 0.6) is 0 Å². The molecule has 0 unspecified atom stereocenters. The van der Waals surface area contributed by atoms with E-state index in [1.807, 2.05) is 0 Å². The monoisotopic (exact) mass is 270 g/mol. The Morgan fingerprint density at radius 2 is 1.83 bits per heavy atom. The second kappa shape index (κ2) is 5.21. The van der Waals surface area contributed by atoms with E-state index in [4.69, 9.17) is 0 Å². The van der Waals surface area contributed by atoms with Gasteiger partial charge in [-0.15, -0.1) is 0 Å². The zero-order valence-corrected chi connectivity index (χ0v) is 9.26. The topological polar surface area (TPSA) is 0 Å². The van der Waals surface area contributed by atoms with E-state index in [2.05, 4.69) is 65.6 Å². The summed E-state index contributed by atoms with van der Waals surface area (Å²) < 4.78 is 0.920. The molecular formula is C11H11I. The molecule has 0 spiro atoms. The van der Waals surface area contributed by atoms with E-state index >= 15 is 0 Å². The van der Waals surface area contributed by atoms with Crippen LogP contribution in [-0.2, 0) is 6.42 Å². The third-order valence-electron chi connectivity index (χ3n) is 1.60. The van der Waals surface area contributed by atoms with Gasteiger partial charge in [-0.25, -0.2) is 0 Å². The average molecular weight is 270 g/mol. The Morgan fingerprint density at radius 1 is 1.17 bits per heavy atom. The molecule has 0 saturated carbocycles. The maximum Gasteiger partial charge on any atom is 0.0609 e. The van der Waals surface area contributed by atoms with E-state index < -0.39 is 0 Å². The molecule has 0 fully saturated rings. The summed E-state index contributed by atoms with van der Waals surface area (Å²) in [6.07, 6.45) is 0.878. The zero-order chi connectivity index (χ0) is 8.81. The average Bonchev–Trinajstić information content (AvgIpc) is 2.09. The Morgan fingerprint density at radius 3 is 2.42 bits per heavy atom. The fourth-order valence-electron chi connectivity index (χ4n) is 0.918. The molecule has 0 aliphatic rings. The Kier molecular flexibility index (Phi) is 4.16.